The van der Waals surface area contributed by atoms with Crippen LogP contribution in [0.25, 0.3) is 0 Å². The van der Waals surface area contributed by atoms with E-state index in [1.807, 2.05) is 34.6 Å². The quantitative estimate of drug-likeness (QED) is 0.558. The van der Waals surface area contributed by atoms with E-state index in [-0.39, 0.29) is 12.1 Å². The normalized spacial score (nSPS) is 22.2. The third-order valence-electron chi connectivity index (χ3n) is 2.07. The summed E-state index contributed by atoms with van der Waals surface area (Å²) in [7, 11) is 0. The van der Waals surface area contributed by atoms with Gasteiger partial charge in [0.1, 0.15) is 5.60 Å². The molecule has 1 atom stereocenters. The molecule has 0 bridgehead atoms. The van der Waals surface area contributed by atoms with Crippen LogP contribution in [0.5, 0.6) is 0 Å². The van der Waals surface area contributed by atoms with E-state index >= 15 is 0 Å². The summed E-state index contributed by atoms with van der Waals surface area (Å²) in [5.74, 6) is 0. The third-order valence-corrected chi connectivity index (χ3v) is 2.07. The summed E-state index contributed by atoms with van der Waals surface area (Å²) < 4.78 is 5.29. The molecule has 0 N–H and O–H groups in total. The monoisotopic (exact) mass is 197 g/mol. The van der Waals surface area contributed by atoms with Crippen LogP contribution in [-0.2, 0) is 4.74 Å². The van der Waals surface area contributed by atoms with Crippen molar-refractivity contribution in [3.63, 3.8) is 0 Å². The van der Waals surface area contributed by atoms with Crippen molar-refractivity contribution in [1.82, 2.24) is 4.90 Å². The van der Waals surface area contributed by atoms with Crippen LogP contribution in [0.1, 0.15) is 34.6 Å². The molecule has 1 heterocycles. The van der Waals surface area contributed by atoms with Crippen LogP contribution in [0.3, 0.4) is 0 Å². The molecule has 3 heteroatoms. The molecule has 1 amide bonds. The molecule has 0 aliphatic carbocycles. The summed E-state index contributed by atoms with van der Waals surface area (Å²) in [6.45, 7) is 10.4. The van der Waals surface area contributed by atoms with Crippen LogP contribution in [0.15, 0.2) is 11.6 Å². The van der Waals surface area contributed by atoms with E-state index in [9.17, 15) is 4.79 Å². The number of amides is 1. The Morgan fingerprint density at radius 2 is 2.14 bits per heavy atom. The maximum absolute atomic E-state index is 11.7. The van der Waals surface area contributed by atoms with E-state index in [0.717, 1.165) is 0 Å². The lowest BCUT2D eigenvalue weighted by atomic mass is 10.2. The fourth-order valence-corrected chi connectivity index (χ4v) is 1.52. The summed E-state index contributed by atoms with van der Waals surface area (Å²) in [5, 5.41) is 0. The molecular weight excluding hydrogens is 178 g/mol. The fraction of sp³-hybridized carbons (Fsp3) is 0.727. The Morgan fingerprint density at radius 3 is 2.50 bits per heavy atom. The number of carbonyl (C=O) groups excluding carboxylic acids is 1. The van der Waals surface area contributed by atoms with E-state index < -0.39 is 5.60 Å². The van der Waals surface area contributed by atoms with Crippen molar-refractivity contribution >= 4 is 6.09 Å². The van der Waals surface area contributed by atoms with Gasteiger partial charge in [0, 0.05) is 6.54 Å². The van der Waals surface area contributed by atoms with Crippen LogP contribution >= 0.6 is 0 Å². The number of hydrogen-bond acceptors (Lipinski definition) is 2. The van der Waals surface area contributed by atoms with Crippen molar-refractivity contribution in [2.75, 3.05) is 6.54 Å². The van der Waals surface area contributed by atoms with E-state index in [4.69, 9.17) is 4.74 Å². The molecule has 1 aliphatic rings. The van der Waals surface area contributed by atoms with E-state index in [2.05, 4.69) is 6.08 Å². The second kappa shape index (κ2) is 3.64. The molecule has 0 fully saturated rings. The number of ether oxygens (including phenoxy) is 1. The van der Waals surface area contributed by atoms with Gasteiger partial charge in [-0.05, 0) is 34.6 Å². The lowest BCUT2D eigenvalue weighted by Gasteiger charge is -2.27. The second-order valence-electron chi connectivity index (χ2n) is 4.86. The highest BCUT2D eigenvalue weighted by molar-refractivity contribution is 5.70. The molecule has 0 aromatic rings. The molecule has 0 aromatic heterocycles. The van der Waals surface area contributed by atoms with Crippen molar-refractivity contribution in [2.45, 2.75) is 46.3 Å². The maximum Gasteiger partial charge on any atom is 0.411 e. The first-order valence-electron chi connectivity index (χ1n) is 4.96. The first kappa shape index (κ1) is 11.1. The minimum atomic E-state index is -0.409. The highest BCUT2D eigenvalue weighted by Crippen LogP contribution is 2.19. The smallest absolute Gasteiger partial charge is 0.411 e. The molecule has 1 aliphatic heterocycles. The van der Waals surface area contributed by atoms with Gasteiger partial charge in [-0.3, -0.25) is 4.90 Å². The predicted molar refractivity (Wildman–Crippen MR) is 56.2 cm³/mol. The van der Waals surface area contributed by atoms with Gasteiger partial charge < -0.3 is 4.74 Å². The summed E-state index contributed by atoms with van der Waals surface area (Å²) in [4.78, 5) is 13.4. The van der Waals surface area contributed by atoms with Crippen molar-refractivity contribution < 1.29 is 9.53 Å². The topological polar surface area (TPSA) is 29.5 Å². The first-order valence-corrected chi connectivity index (χ1v) is 4.96. The molecule has 0 saturated heterocycles. The van der Waals surface area contributed by atoms with Gasteiger partial charge in [0.05, 0.1) is 6.04 Å². The number of carbonyl (C=O) groups is 1. The van der Waals surface area contributed by atoms with Crippen LogP contribution < -0.4 is 0 Å². The second-order valence-corrected chi connectivity index (χ2v) is 4.86. The summed E-state index contributed by atoms with van der Waals surface area (Å²) in [6.07, 6.45) is 1.86. The average Bonchev–Trinajstić information content (AvgIpc) is 2.26. The van der Waals surface area contributed by atoms with Crippen molar-refractivity contribution in [1.29, 1.82) is 0 Å². The molecule has 0 aromatic carbocycles. The van der Waals surface area contributed by atoms with Crippen LogP contribution in [0.2, 0.25) is 0 Å². The van der Waals surface area contributed by atoms with Crippen molar-refractivity contribution in [2.24, 2.45) is 0 Å². The van der Waals surface area contributed by atoms with Gasteiger partial charge in [-0.15, -0.1) is 0 Å². The number of nitrogens with zero attached hydrogens (tertiary/aromatic N) is 1. The van der Waals surface area contributed by atoms with Gasteiger partial charge in [0.15, 0.2) is 0 Å². The zero-order chi connectivity index (χ0) is 10.9. The predicted octanol–water partition coefficient (Wildman–Crippen LogP) is 2.57. The van der Waals surface area contributed by atoms with Crippen LogP contribution in [0.4, 0.5) is 4.79 Å². The van der Waals surface area contributed by atoms with E-state index in [1.165, 1.54) is 5.57 Å². The Morgan fingerprint density at radius 1 is 1.57 bits per heavy atom. The lowest BCUT2D eigenvalue weighted by Crippen LogP contribution is -2.39. The Balaban J connectivity index is 2.56. The van der Waals surface area contributed by atoms with Gasteiger partial charge in [-0.1, -0.05) is 11.6 Å². The summed E-state index contributed by atoms with van der Waals surface area (Å²) in [5.41, 5.74) is 0.816. The van der Waals surface area contributed by atoms with Crippen molar-refractivity contribution in [3.05, 3.63) is 11.6 Å². The SMILES string of the molecule is CC1=C[C@@H](C)N(C(=O)OC(C)(C)C)C1. The Bertz CT molecular complexity index is 263. The molecule has 0 unspecified atom stereocenters. The highest BCUT2D eigenvalue weighted by atomic mass is 16.6. The molecule has 0 radical (unpaired) electrons. The molecule has 3 nitrogen and oxygen atoms in total. The van der Waals surface area contributed by atoms with Crippen LogP contribution in [-0.4, -0.2) is 29.2 Å². The van der Waals surface area contributed by atoms with Gasteiger partial charge in [0.2, 0.25) is 0 Å². The third kappa shape index (κ3) is 2.76. The first-order chi connectivity index (χ1) is 6.29. The maximum atomic E-state index is 11.7. The molecule has 80 valence electrons. The zero-order valence-electron chi connectivity index (χ0n) is 9.63. The van der Waals surface area contributed by atoms with E-state index in [1.54, 1.807) is 4.90 Å². The summed E-state index contributed by atoms with van der Waals surface area (Å²) in [6, 6.07) is 0.157. The lowest BCUT2D eigenvalue weighted by molar-refractivity contribution is 0.0251. The fourth-order valence-electron chi connectivity index (χ4n) is 1.52. The zero-order valence-corrected chi connectivity index (χ0v) is 9.63. The van der Waals surface area contributed by atoms with Gasteiger partial charge in [-0.2, -0.15) is 0 Å². The van der Waals surface area contributed by atoms with Crippen LogP contribution in [0, 0.1) is 0 Å². The largest absolute Gasteiger partial charge is 0.444 e. The summed E-state index contributed by atoms with van der Waals surface area (Å²) >= 11 is 0. The standard InChI is InChI=1S/C11H19NO2/c1-8-6-9(2)12(7-8)10(13)14-11(3,4)5/h6,9H,7H2,1-5H3/t9-/m1/s1. The average molecular weight is 197 g/mol. The molecular formula is C11H19NO2. The van der Waals surface area contributed by atoms with Crippen molar-refractivity contribution in [3.8, 4) is 0 Å². The molecule has 0 saturated carbocycles. The highest BCUT2D eigenvalue weighted by Gasteiger charge is 2.28. The van der Waals surface area contributed by atoms with E-state index in [0.29, 0.717) is 6.54 Å². The van der Waals surface area contributed by atoms with Gasteiger partial charge in [-0.25, -0.2) is 4.79 Å². The minimum Gasteiger partial charge on any atom is -0.444 e. The molecule has 14 heavy (non-hydrogen) atoms. The Labute approximate surface area is 85.7 Å². The van der Waals surface area contributed by atoms with Gasteiger partial charge in [0.25, 0.3) is 0 Å². The number of rotatable bonds is 0. The van der Waals surface area contributed by atoms with Gasteiger partial charge >= 0.3 is 6.09 Å². The minimum absolute atomic E-state index is 0.157. The molecule has 0 spiro atoms. The molecule has 1 rings (SSSR count). The Kier molecular flexibility index (Phi) is 2.88. The number of hydrogen-bond donors (Lipinski definition) is 0. The Hall–Kier alpha value is -0.990.